The Bertz CT molecular complexity index is 533. The van der Waals surface area contributed by atoms with Crippen LogP contribution in [0.4, 0.5) is 5.82 Å². The van der Waals surface area contributed by atoms with Crippen molar-refractivity contribution in [3.63, 3.8) is 0 Å². The molecule has 94 valence electrons. The predicted molar refractivity (Wildman–Crippen MR) is 66.1 cm³/mol. The Kier molecular flexibility index (Phi) is 3.57. The maximum atomic E-state index is 11.2. The third kappa shape index (κ3) is 2.85. The van der Waals surface area contributed by atoms with Gasteiger partial charge >= 0.3 is 5.97 Å². The fourth-order valence-corrected chi connectivity index (χ4v) is 1.50. The number of benzene rings is 1. The first-order valence-corrected chi connectivity index (χ1v) is 5.46. The lowest BCUT2D eigenvalue weighted by Gasteiger charge is -2.04. The zero-order valence-corrected chi connectivity index (χ0v) is 10.3. The number of rotatable bonds is 4. The van der Waals surface area contributed by atoms with Crippen LogP contribution in [0.1, 0.15) is 15.9 Å². The first-order chi connectivity index (χ1) is 8.69. The fraction of sp³-hybridized carbons (Fsp3) is 0.250. The number of hydrogen-bond donors (Lipinski definition) is 1. The maximum Gasteiger partial charge on any atom is 0.337 e. The summed E-state index contributed by atoms with van der Waals surface area (Å²) >= 11 is 0. The highest BCUT2D eigenvalue weighted by Crippen LogP contribution is 2.08. The molecule has 0 atom stereocenters. The highest BCUT2D eigenvalue weighted by molar-refractivity contribution is 5.89. The van der Waals surface area contributed by atoms with E-state index in [9.17, 15) is 4.79 Å². The molecular weight excluding hydrogens is 232 g/mol. The Morgan fingerprint density at radius 3 is 2.67 bits per heavy atom. The van der Waals surface area contributed by atoms with Gasteiger partial charge in [0.1, 0.15) is 0 Å². The van der Waals surface area contributed by atoms with Crippen LogP contribution in [0.2, 0.25) is 0 Å². The standard InChI is InChI=1S/C12H14N4O2/c1-16-8-11(14-15-16)13-7-9-3-5-10(6-4-9)12(17)18-2/h3-6,8,13H,7H2,1-2H3. The van der Waals surface area contributed by atoms with Gasteiger partial charge in [0.2, 0.25) is 0 Å². The zero-order valence-electron chi connectivity index (χ0n) is 10.3. The van der Waals surface area contributed by atoms with Crippen LogP contribution in [0.15, 0.2) is 30.5 Å². The first-order valence-electron chi connectivity index (χ1n) is 5.46. The van der Waals surface area contributed by atoms with Crippen molar-refractivity contribution in [1.29, 1.82) is 0 Å². The molecule has 1 N–H and O–H groups in total. The third-order valence-corrected chi connectivity index (χ3v) is 2.45. The molecule has 6 heteroatoms. The molecule has 6 nitrogen and oxygen atoms in total. The Balaban J connectivity index is 1.96. The number of methoxy groups -OCH3 is 1. The average Bonchev–Trinajstić information content (AvgIpc) is 2.82. The normalized spacial score (nSPS) is 10.1. The SMILES string of the molecule is COC(=O)c1ccc(CNc2cn(C)nn2)cc1. The topological polar surface area (TPSA) is 69.0 Å². The first kappa shape index (κ1) is 12.1. The lowest BCUT2D eigenvalue weighted by molar-refractivity contribution is 0.0600. The van der Waals surface area contributed by atoms with Crippen LogP contribution in [-0.4, -0.2) is 28.1 Å². The molecule has 1 heterocycles. The number of hydrogen-bond acceptors (Lipinski definition) is 5. The van der Waals surface area contributed by atoms with Crippen LogP contribution in [0, 0.1) is 0 Å². The summed E-state index contributed by atoms with van der Waals surface area (Å²) in [7, 11) is 3.18. The molecule has 0 aliphatic carbocycles. The second-order valence-corrected chi connectivity index (χ2v) is 3.82. The van der Waals surface area contributed by atoms with Gasteiger partial charge in [-0.15, -0.1) is 5.10 Å². The summed E-state index contributed by atoms with van der Waals surface area (Å²) in [6.07, 6.45) is 1.79. The summed E-state index contributed by atoms with van der Waals surface area (Å²) < 4.78 is 6.26. The largest absolute Gasteiger partial charge is 0.465 e. The van der Waals surface area contributed by atoms with E-state index in [1.165, 1.54) is 7.11 Å². The number of ether oxygens (including phenoxy) is 1. The number of anilines is 1. The summed E-state index contributed by atoms with van der Waals surface area (Å²) in [6, 6.07) is 7.21. The van der Waals surface area contributed by atoms with Gasteiger partial charge < -0.3 is 10.1 Å². The van der Waals surface area contributed by atoms with E-state index in [2.05, 4.69) is 20.4 Å². The van der Waals surface area contributed by atoms with Crippen molar-refractivity contribution < 1.29 is 9.53 Å². The molecule has 0 radical (unpaired) electrons. The van der Waals surface area contributed by atoms with E-state index in [1.54, 1.807) is 23.0 Å². The average molecular weight is 246 g/mol. The van der Waals surface area contributed by atoms with E-state index in [0.29, 0.717) is 12.1 Å². The number of aryl methyl sites for hydroxylation is 1. The van der Waals surface area contributed by atoms with Gasteiger partial charge in [0.15, 0.2) is 5.82 Å². The number of nitrogens with one attached hydrogen (secondary N) is 1. The Morgan fingerprint density at radius 2 is 2.11 bits per heavy atom. The van der Waals surface area contributed by atoms with Gasteiger partial charge in [0.05, 0.1) is 18.9 Å². The van der Waals surface area contributed by atoms with Crippen molar-refractivity contribution in [1.82, 2.24) is 15.0 Å². The van der Waals surface area contributed by atoms with E-state index < -0.39 is 0 Å². The second-order valence-electron chi connectivity index (χ2n) is 3.82. The highest BCUT2D eigenvalue weighted by Gasteiger charge is 2.04. The van der Waals surface area contributed by atoms with Crippen LogP contribution in [-0.2, 0) is 18.3 Å². The van der Waals surface area contributed by atoms with E-state index >= 15 is 0 Å². The maximum absolute atomic E-state index is 11.2. The van der Waals surface area contributed by atoms with Crippen molar-refractivity contribution in [2.45, 2.75) is 6.54 Å². The molecule has 1 aromatic carbocycles. The van der Waals surface area contributed by atoms with Crippen LogP contribution < -0.4 is 5.32 Å². The monoisotopic (exact) mass is 246 g/mol. The van der Waals surface area contributed by atoms with Crippen molar-refractivity contribution in [2.75, 3.05) is 12.4 Å². The van der Waals surface area contributed by atoms with Gasteiger partial charge in [0.25, 0.3) is 0 Å². The molecule has 0 spiro atoms. The van der Waals surface area contributed by atoms with Gasteiger partial charge in [-0.2, -0.15) is 0 Å². The smallest absolute Gasteiger partial charge is 0.337 e. The van der Waals surface area contributed by atoms with Gasteiger partial charge in [-0.05, 0) is 17.7 Å². The van der Waals surface area contributed by atoms with E-state index in [0.717, 1.165) is 11.4 Å². The minimum atomic E-state index is -0.330. The number of carbonyl (C=O) groups excluding carboxylic acids is 1. The van der Waals surface area contributed by atoms with E-state index in [4.69, 9.17) is 0 Å². The molecule has 0 saturated heterocycles. The van der Waals surface area contributed by atoms with Crippen LogP contribution in [0.5, 0.6) is 0 Å². The number of nitrogens with zero attached hydrogens (tertiary/aromatic N) is 3. The molecule has 0 fully saturated rings. The Labute approximate surface area is 105 Å². The Hall–Kier alpha value is -2.37. The summed E-state index contributed by atoms with van der Waals surface area (Å²) in [4.78, 5) is 11.2. The Morgan fingerprint density at radius 1 is 1.39 bits per heavy atom. The molecular formula is C12H14N4O2. The third-order valence-electron chi connectivity index (χ3n) is 2.45. The van der Waals surface area contributed by atoms with Gasteiger partial charge in [-0.3, -0.25) is 4.68 Å². The van der Waals surface area contributed by atoms with Crippen LogP contribution in [0.3, 0.4) is 0 Å². The molecule has 0 aliphatic rings. The minimum Gasteiger partial charge on any atom is -0.465 e. The zero-order chi connectivity index (χ0) is 13.0. The number of carbonyl (C=O) groups is 1. The van der Waals surface area contributed by atoms with Crippen molar-refractivity contribution in [2.24, 2.45) is 7.05 Å². The molecule has 0 bridgehead atoms. The van der Waals surface area contributed by atoms with Crippen LogP contribution >= 0.6 is 0 Å². The van der Waals surface area contributed by atoms with Crippen molar-refractivity contribution in [3.8, 4) is 0 Å². The van der Waals surface area contributed by atoms with Gasteiger partial charge in [0, 0.05) is 13.6 Å². The molecule has 1 aromatic heterocycles. The molecule has 18 heavy (non-hydrogen) atoms. The summed E-state index contributed by atoms with van der Waals surface area (Å²) in [5.41, 5.74) is 1.59. The minimum absolute atomic E-state index is 0.330. The fourth-order valence-electron chi connectivity index (χ4n) is 1.50. The highest BCUT2D eigenvalue weighted by atomic mass is 16.5. The molecule has 2 rings (SSSR count). The van der Waals surface area contributed by atoms with Crippen molar-refractivity contribution in [3.05, 3.63) is 41.6 Å². The molecule has 0 amide bonds. The lowest BCUT2D eigenvalue weighted by Crippen LogP contribution is -2.03. The molecule has 0 aliphatic heterocycles. The number of aromatic nitrogens is 3. The lowest BCUT2D eigenvalue weighted by atomic mass is 10.1. The molecule has 2 aromatic rings. The number of esters is 1. The van der Waals surface area contributed by atoms with E-state index in [1.807, 2.05) is 19.2 Å². The van der Waals surface area contributed by atoms with Gasteiger partial charge in [-0.25, -0.2) is 4.79 Å². The summed E-state index contributed by atoms with van der Waals surface area (Å²) in [5.74, 6) is 0.387. The van der Waals surface area contributed by atoms with Crippen LogP contribution in [0.25, 0.3) is 0 Å². The van der Waals surface area contributed by atoms with E-state index in [-0.39, 0.29) is 5.97 Å². The molecule has 0 saturated carbocycles. The second kappa shape index (κ2) is 5.31. The summed E-state index contributed by atoms with van der Waals surface area (Å²) in [5, 5.41) is 10.9. The van der Waals surface area contributed by atoms with Crippen molar-refractivity contribution >= 4 is 11.8 Å². The molecule has 0 unspecified atom stereocenters. The van der Waals surface area contributed by atoms with Gasteiger partial charge in [-0.1, -0.05) is 17.3 Å². The summed E-state index contributed by atoms with van der Waals surface area (Å²) in [6.45, 7) is 0.625. The quantitative estimate of drug-likeness (QED) is 0.821. The predicted octanol–water partition coefficient (Wildman–Crippen LogP) is 1.21.